The van der Waals surface area contributed by atoms with Crippen LogP contribution in [0.4, 0.5) is 0 Å². The van der Waals surface area contributed by atoms with E-state index in [4.69, 9.17) is 10.8 Å². The van der Waals surface area contributed by atoms with E-state index in [-0.39, 0.29) is 5.41 Å². The van der Waals surface area contributed by atoms with E-state index in [1.165, 1.54) is 0 Å². The first-order valence-electron chi connectivity index (χ1n) is 5.25. The predicted octanol–water partition coefficient (Wildman–Crippen LogP) is 1.16. The van der Waals surface area contributed by atoms with Crippen LogP contribution in [0.1, 0.15) is 34.1 Å². The molecule has 0 saturated carbocycles. The number of carbonyl (C=O) groups is 1. The number of hydrogen-bond donors (Lipinski definition) is 2. The van der Waals surface area contributed by atoms with Crippen LogP contribution in [0.2, 0.25) is 0 Å². The van der Waals surface area contributed by atoms with E-state index in [2.05, 4.69) is 25.7 Å². The highest BCUT2D eigenvalue weighted by Crippen LogP contribution is 2.15. The number of hydrogen-bond acceptors (Lipinski definition) is 3. The number of nitrogens with two attached hydrogens (primary N) is 1. The molecule has 0 saturated heterocycles. The van der Waals surface area contributed by atoms with Gasteiger partial charge in [0.15, 0.2) is 0 Å². The van der Waals surface area contributed by atoms with E-state index >= 15 is 0 Å². The minimum absolute atomic E-state index is 0.225. The van der Waals surface area contributed by atoms with Gasteiger partial charge in [0.2, 0.25) is 0 Å². The first-order valence-corrected chi connectivity index (χ1v) is 5.25. The maximum atomic E-state index is 10.8. The van der Waals surface area contributed by atoms with Crippen molar-refractivity contribution < 1.29 is 9.90 Å². The summed E-state index contributed by atoms with van der Waals surface area (Å²) in [5, 5.41) is 8.84. The third-order valence-electron chi connectivity index (χ3n) is 2.25. The van der Waals surface area contributed by atoms with Gasteiger partial charge in [-0.25, -0.2) is 0 Å². The van der Waals surface area contributed by atoms with Gasteiger partial charge in [0.05, 0.1) is 0 Å². The van der Waals surface area contributed by atoms with Crippen molar-refractivity contribution in [1.29, 1.82) is 0 Å². The molecule has 0 aromatic rings. The molecule has 0 aliphatic carbocycles. The van der Waals surface area contributed by atoms with Crippen LogP contribution < -0.4 is 5.73 Å². The summed E-state index contributed by atoms with van der Waals surface area (Å²) in [4.78, 5) is 12.9. The molecule has 0 aliphatic rings. The van der Waals surface area contributed by atoms with Crippen molar-refractivity contribution in [3.05, 3.63) is 0 Å². The summed E-state index contributed by atoms with van der Waals surface area (Å²) in [6.07, 6.45) is 0.467. The molecular weight excluding hydrogens is 192 g/mol. The molecule has 0 aromatic carbocycles. The summed E-state index contributed by atoms with van der Waals surface area (Å²) in [5.41, 5.74) is 4.75. The van der Waals surface area contributed by atoms with Crippen molar-refractivity contribution in [2.45, 2.75) is 39.7 Å². The summed E-state index contributed by atoms with van der Waals surface area (Å²) in [6.45, 7) is 9.66. The van der Waals surface area contributed by atoms with Gasteiger partial charge in [-0.05, 0) is 25.8 Å². The molecule has 3 N–H and O–H groups in total. The Morgan fingerprint density at radius 3 is 2.13 bits per heavy atom. The molecule has 15 heavy (non-hydrogen) atoms. The van der Waals surface area contributed by atoms with Gasteiger partial charge in [0, 0.05) is 13.1 Å². The van der Waals surface area contributed by atoms with Crippen LogP contribution in [0.25, 0.3) is 0 Å². The second-order valence-corrected chi connectivity index (χ2v) is 5.77. The van der Waals surface area contributed by atoms with E-state index in [1.807, 2.05) is 7.05 Å². The predicted molar refractivity (Wildman–Crippen MR) is 61.8 cm³/mol. The van der Waals surface area contributed by atoms with Gasteiger partial charge in [-0.15, -0.1) is 0 Å². The number of nitrogens with zero attached hydrogens (tertiary/aromatic N) is 1. The largest absolute Gasteiger partial charge is 0.480 e. The smallest absolute Gasteiger partial charge is 0.323 e. The van der Waals surface area contributed by atoms with Crippen molar-refractivity contribution in [1.82, 2.24) is 4.90 Å². The minimum Gasteiger partial charge on any atom is -0.480 e. The second kappa shape index (κ2) is 4.94. The lowest BCUT2D eigenvalue weighted by Crippen LogP contribution is -2.47. The molecule has 1 unspecified atom stereocenters. The van der Waals surface area contributed by atoms with Crippen molar-refractivity contribution in [2.75, 3.05) is 20.1 Å². The quantitative estimate of drug-likeness (QED) is 0.723. The fourth-order valence-corrected chi connectivity index (χ4v) is 1.42. The first kappa shape index (κ1) is 14.4. The zero-order valence-corrected chi connectivity index (χ0v) is 10.5. The third-order valence-corrected chi connectivity index (χ3v) is 2.25. The lowest BCUT2D eigenvalue weighted by atomic mass is 9.95. The van der Waals surface area contributed by atoms with Crippen molar-refractivity contribution in [2.24, 2.45) is 11.1 Å². The Morgan fingerprint density at radius 1 is 1.33 bits per heavy atom. The standard InChI is InChI=1S/C11H24N2O2/c1-10(2,3)8-13(5)7-6-11(4,12)9(14)15/h6-8,12H2,1-5H3,(H,14,15). The average Bonchev–Trinajstić information content (AvgIpc) is 1.97. The molecule has 90 valence electrons. The number of carboxylic acids is 1. The van der Waals surface area contributed by atoms with Crippen LogP contribution in [-0.4, -0.2) is 41.7 Å². The van der Waals surface area contributed by atoms with Gasteiger partial charge in [-0.1, -0.05) is 20.8 Å². The summed E-state index contributed by atoms with van der Waals surface area (Å²) >= 11 is 0. The minimum atomic E-state index is -1.12. The van der Waals surface area contributed by atoms with Crippen LogP contribution in [0, 0.1) is 5.41 Å². The molecule has 0 aliphatic heterocycles. The highest BCUT2D eigenvalue weighted by Gasteiger charge is 2.28. The van der Waals surface area contributed by atoms with Gasteiger partial charge < -0.3 is 15.7 Å². The molecule has 0 aromatic heterocycles. The molecule has 0 rings (SSSR count). The molecule has 4 nitrogen and oxygen atoms in total. The SMILES string of the molecule is CN(CCC(C)(N)C(=O)O)CC(C)(C)C. The van der Waals surface area contributed by atoms with E-state index < -0.39 is 11.5 Å². The molecular formula is C11H24N2O2. The monoisotopic (exact) mass is 216 g/mol. The van der Waals surface area contributed by atoms with Gasteiger partial charge in [-0.2, -0.15) is 0 Å². The molecule has 0 fully saturated rings. The maximum Gasteiger partial charge on any atom is 0.323 e. The fraction of sp³-hybridized carbons (Fsp3) is 0.909. The van der Waals surface area contributed by atoms with Crippen molar-refractivity contribution in [3.8, 4) is 0 Å². The molecule has 1 atom stereocenters. The van der Waals surface area contributed by atoms with E-state index in [1.54, 1.807) is 6.92 Å². The Balaban J connectivity index is 4.01. The molecule has 0 amide bonds. The Bertz CT molecular complexity index is 219. The van der Waals surface area contributed by atoms with Crippen molar-refractivity contribution in [3.63, 3.8) is 0 Å². The maximum absolute atomic E-state index is 10.8. The van der Waals surface area contributed by atoms with E-state index in [9.17, 15) is 4.79 Å². The first-order chi connectivity index (χ1) is 6.54. The summed E-state index contributed by atoms with van der Waals surface area (Å²) in [6, 6.07) is 0. The Labute approximate surface area is 92.4 Å². The van der Waals surface area contributed by atoms with Crippen LogP contribution in [0.3, 0.4) is 0 Å². The Hall–Kier alpha value is -0.610. The zero-order valence-electron chi connectivity index (χ0n) is 10.5. The summed E-state index contributed by atoms with van der Waals surface area (Å²) < 4.78 is 0. The van der Waals surface area contributed by atoms with Gasteiger partial charge >= 0.3 is 5.97 Å². The highest BCUT2D eigenvalue weighted by molar-refractivity contribution is 5.77. The molecule has 0 radical (unpaired) electrons. The topological polar surface area (TPSA) is 66.6 Å². The van der Waals surface area contributed by atoms with Gasteiger partial charge in [0.25, 0.3) is 0 Å². The van der Waals surface area contributed by atoms with E-state index in [0.717, 1.165) is 6.54 Å². The average molecular weight is 216 g/mol. The third kappa shape index (κ3) is 6.47. The lowest BCUT2D eigenvalue weighted by Gasteiger charge is -2.28. The summed E-state index contributed by atoms with van der Waals surface area (Å²) in [5.74, 6) is -0.938. The van der Waals surface area contributed by atoms with Crippen LogP contribution >= 0.6 is 0 Å². The highest BCUT2D eigenvalue weighted by atomic mass is 16.4. The molecule has 4 heteroatoms. The molecule has 0 bridgehead atoms. The van der Waals surface area contributed by atoms with Gasteiger partial charge in [-0.3, -0.25) is 4.79 Å². The van der Waals surface area contributed by atoms with Gasteiger partial charge in [0.1, 0.15) is 5.54 Å². The number of rotatable bonds is 5. The summed E-state index contributed by atoms with van der Waals surface area (Å²) in [7, 11) is 1.99. The lowest BCUT2D eigenvalue weighted by molar-refractivity contribution is -0.143. The zero-order chi connectivity index (χ0) is 12.3. The Kier molecular flexibility index (Phi) is 4.74. The number of carboxylic acid groups (broad SMARTS) is 1. The second-order valence-electron chi connectivity index (χ2n) is 5.77. The van der Waals surface area contributed by atoms with E-state index in [0.29, 0.717) is 13.0 Å². The number of aliphatic carboxylic acids is 1. The van der Waals surface area contributed by atoms with Crippen LogP contribution in [-0.2, 0) is 4.79 Å². The molecule has 0 spiro atoms. The Morgan fingerprint density at radius 2 is 1.80 bits per heavy atom. The van der Waals surface area contributed by atoms with Crippen LogP contribution in [0.5, 0.6) is 0 Å². The van der Waals surface area contributed by atoms with Crippen LogP contribution in [0.15, 0.2) is 0 Å². The van der Waals surface area contributed by atoms with Crippen molar-refractivity contribution >= 4 is 5.97 Å². The molecule has 0 heterocycles. The normalized spacial score (nSPS) is 16.5. The fourth-order valence-electron chi connectivity index (χ4n) is 1.42.